The molecule has 2 aliphatic heterocycles. The summed E-state index contributed by atoms with van der Waals surface area (Å²) in [6.07, 6.45) is 1.55. The number of hydrogen-bond acceptors (Lipinski definition) is 6. The predicted octanol–water partition coefficient (Wildman–Crippen LogP) is 1.34. The van der Waals surface area contributed by atoms with Crippen LogP contribution in [-0.4, -0.2) is 37.2 Å². The van der Waals surface area contributed by atoms with Gasteiger partial charge < -0.3 is 9.47 Å². The van der Waals surface area contributed by atoms with Crippen molar-refractivity contribution in [1.82, 2.24) is 0 Å². The molecule has 3 saturated carbocycles. The summed E-state index contributed by atoms with van der Waals surface area (Å²) in [6, 6.07) is 0. The molecule has 0 aromatic rings. The van der Waals surface area contributed by atoms with E-state index in [2.05, 4.69) is 10.2 Å². The van der Waals surface area contributed by atoms with E-state index < -0.39 is 11.1 Å². The lowest BCUT2D eigenvalue weighted by Crippen LogP contribution is -2.64. The summed E-state index contributed by atoms with van der Waals surface area (Å²) in [4.78, 5) is 24.8. The van der Waals surface area contributed by atoms with Gasteiger partial charge in [0, 0.05) is 22.7 Å². The summed E-state index contributed by atoms with van der Waals surface area (Å²) >= 11 is 0. The van der Waals surface area contributed by atoms with Gasteiger partial charge in [-0.15, -0.1) is 0 Å². The fraction of sp³-hybridized carbons (Fsp3) is 0.857. The van der Waals surface area contributed by atoms with Gasteiger partial charge in [0.05, 0.1) is 14.2 Å². The molecule has 20 heavy (non-hydrogen) atoms. The van der Waals surface area contributed by atoms with E-state index >= 15 is 0 Å². The van der Waals surface area contributed by atoms with Gasteiger partial charge in [0.25, 0.3) is 0 Å². The number of carbonyl (C=O) groups is 2. The molecule has 6 heteroatoms. The molecule has 0 N–H and O–H groups in total. The lowest BCUT2D eigenvalue weighted by atomic mass is 9.60. The van der Waals surface area contributed by atoms with E-state index in [1.165, 1.54) is 14.2 Å². The highest BCUT2D eigenvalue weighted by molar-refractivity contribution is 5.92. The zero-order chi connectivity index (χ0) is 14.6. The SMILES string of the molecule is COC(=O)[C@]12N=N[C@](C(=O)OC)([C@@H]3C[C@@]31C)[C@@]1(C)C[C@H]12. The molecule has 3 aliphatic carbocycles. The zero-order valence-electron chi connectivity index (χ0n) is 12.1. The molecule has 0 radical (unpaired) electrons. The molecule has 5 rings (SSSR count). The van der Waals surface area contributed by atoms with Crippen LogP contribution >= 0.6 is 0 Å². The number of rotatable bonds is 2. The molecule has 108 valence electrons. The normalized spacial score (nSPS) is 56.6. The third kappa shape index (κ3) is 0.826. The van der Waals surface area contributed by atoms with Crippen LogP contribution in [0.5, 0.6) is 0 Å². The molecule has 6 atom stereocenters. The van der Waals surface area contributed by atoms with Gasteiger partial charge in [-0.2, -0.15) is 10.2 Å². The minimum absolute atomic E-state index is 0.0304. The minimum atomic E-state index is -0.892. The Kier molecular flexibility index (Phi) is 1.79. The summed E-state index contributed by atoms with van der Waals surface area (Å²) in [5, 5.41) is 8.71. The number of hydrogen-bond donors (Lipinski definition) is 0. The third-order valence-electron chi connectivity index (χ3n) is 6.58. The van der Waals surface area contributed by atoms with Gasteiger partial charge in [-0.3, -0.25) is 0 Å². The lowest BCUT2D eigenvalue weighted by Gasteiger charge is -2.49. The topological polar surface area (TPSA) is 77.3 Å². The van der Waals surface area contributed by atoms with E-state index in [0.717, 1.165) is 12.8 Å². The first-order valence-electron chi connectivity index (χ1n) is 6.96. The summed E-state index contributed by atoms with van der Waals surface area (Å²) in [5.41, 5.74) is -2.43. The van der Waals surface area contributed by atoms with Crippen LogP contribution in [0.4, 0.5) is 0 Å². The maximum absolute atomic E-state index is 12.4. The van der Waals surface area contributed by atoms with Crippen molar-refractivity contribution in [3.05, 3.63) is 0 Å². The van der Waals surface area contributed by atoms with Gasteiger partial charge in [0.2, 0.25) is 0 Å². The Morgan fingerprint density at radius 1 is 0.900 bits per heavy atom. The van der Waals surface area contributed by atoms with Crippen molar-refractivity contribution in [3.8, 4) is 0 Å². The highest BCUT2D eigenvalue weighted by Crippen LogP contribution is 2.87. The number of methoxy groups -OCH3 is 2. The Hall–Kier alpha value is -1.46. The van der Waals surface area contributed by atoms with Crippen LogP contribution in [-0.2, 0) is 19.1 Å². The molecule has 0 aromatic heterocycles. The van der Waals surface area contributed by atoms with Crippen LogP contribution in [0.3, 0.4) is 0 Å². The van der Waals surface area contributed by atoms with Gasteiger partial charge in [0.15, 0.2) is 11.1 Å². The Morgan fingerprint density at radius 2 is 1.25 bits per heavy atom. The fourth-order valence-electron chi connectivity index (χ4n) is 5.26. The van der Waals surface area contributed by atoms with E-state index in [4.69, 9.17) is 9.47 Å². The van der Waals surface area contributed by atoms with Crippen molar-refractivity contribution >= 4 is 11.9 Å². The number of carbonyl (C=O) groups excluding carboxylic acids is 2. The maximum Gasteiger partial charge on any atom is 0.336 e. The van der Waals surface area contributed by atoms with E-state index in [9.17, 15) is 9.59 Å². The second-order valence-corrected chi connectivity index (χ2v) is 7.06. The second-order valence-electron chi connectivity index (χ2n) is 7.06. The summed E-state index contributed by atoms with van der Waals surface area (Å²) in [5.74, 6) is -0.554. The molecule has 0 saturated heterocycles. The maximum atomic E-state index is 12.4. The summed E-state index contributed by atoms with van der Waals surface area (Å²) < 4.78 is 10.0. The van der Waals surface area contributed by atoms with Crippen molar-refractivity contribution in [2.45, 2.75) is 37.8 Å². The minimum Gasteiger partial charge on any atom is -0.467 e. The van der Waals surface area contributed by atoms with E-state index in [1.807, 2.05) is 13.8 Å². The van der Waals surface area contributed by atoms with Crippen LogP contribution in [0.25, 0.3) is 0 Å². The Bertz CT molecular complexity index is 540. The average Bonchev–Trinajstić information content (AvgIpc) is 3.31. The highest BCUT2D eigenvalue weighted by Gasteiger charge is 2.94. The van der Waals surface area contributed by atoms with Crippen molar-refractivity contribution in [2.24, 2.45) is 32.9 Å². The highest BCUT2D eigenvalue weighted by atomic mass is 16.5. The van der Waals surface area contributed by atoms with Gasteiger partial charge in [-0.25, -0.2) is 9.59 Å². The van der Waals surface area contributed by atoms with Gasteiger partial charge in [-0.1, -0.05) is 13.8 Å². The molecule has 5 aliphatic rings. The van der Waals surface area contributed by atoms with Crippen LogP contribution in [0, 0.1) is 22.7 Å². The molecule has 6 nitrogen and oxygen atoms in total. The molecule has 0 unspecified atom stereocenters. The van der Waals surface area contributed by atoms with Crippen molar-refractivity contribution in [3.63, 3.8) is 0 Å². The molecular formula is C14H18N2O4. The first-order chi connectivity index (χ1) is 9.35. The number of azo groups is 1. The fourth-order valence-corrected chi connectivity index (χ4v) is 5.26. The third-order valence-corrected chi connectivity index (χ3v) is 6.58. The van der Waals surface area contributed by atoms with Crippen molar-refractivity contribution < 1.29 is 19.1 Å². The van der Waals surface area contributed by atoms with Crippen LogP contribution < -0.4 is 0 Å². The molecule has 3 fully saturated rings. The van der Waals surface area contributed by atoms with Crippen LogP contribution in [0.2, 0.25) is 0 Å². The van der Waals surface area contributed by atoms with Crippen LogP contribution in [0.1, 0.15) is 26.7 Å². The number of nitrogens with zero attached hydrogens (tertiary/aromatic N) is 2. The summed E-state index contributed by atoms with van der Waals surface area (Å²) in [6.45, 7) is 4.06. The standard InChI is InChI=1S/C14H18N2O4/c1-11-5-7(11)14(10(18)20-4)12(2)6-8(12)13(11,15-16-14)9(17)19-3/h7-8H,5-6H2,1-4H3/t7-,8-,11+,12+,13+,14+/m1/s1. The van der Waals surface area contributed by atoms with Crippen molar-refractivity contribution in [2.75, 3.05) is 14.2 Å². The predicted molar refractivity (Wildman–Crippen MR) is 66.8 cm³/mol. The summed E-state index contributed by atoms with van der Waals surface area (Å²) in [7, 11) is 2.79. The first kappa shape index (κ1) is 12.3. The van der Waals surface area contributed by atoms with Crippen LogP contribution in [0.15, 0.2) is 10.2 Å². The number of esters is 2. The monoisotopic (exact) mass is 278 g/mol. The average molecular weight is 278 g/mol. The van der Waals surface area contributed by atoms with Gasteiger partial charge in [0.1, 0.15) is 0 Å². The van der Waals surface area contributed by atoms with Gasteiger partial charge >= 0.3 is 11.9 Å². The van der Waals surface area contributed by atoms with E-state index in [0.29, 0.717) is 0 Å². The quantitative estimate of drug-likeness (QED) is 0.714. The molecule has 0 aromatic carbocycles. The second kappa shape index (κ2) is 2.92. The van der Waals surface area contributed by atoms with E-state index in [1.54, 1.807) is 0 Å². The van der Waals surface area contributed by atoms with Gasteiger partial charge in [-0.05, 0) is 12.8 Å². The molecule has 0 spiro atoms. The Morgan fingerprint density at radius 3 is 1.55 bits per heavy atom. The smallest absolute Gasteiger partial charge is 0.336 e. The number of ether oxygens (including phenoxy) is 2. The molecule has 0 amide bonds. The molecule has 2 heterocycles. The Balaban J connectivity index is 1.95. The Labute approximate surface area is 116 Å². The van der Waals surface area contributed by atoms with Crippen molar-refractivity contribution in [1.29, 1.82) is 0 Å². The lowest BCUT2D eigenvalue weighted by molar-refractivity contribution is -0.166. The largest absolute Gasteiger partial charge is 0.467 e. The molecular weight excluding hydrogens is 260 g/mol. The first-order valence-corrected chi connectivity index (χ1v) is 6.96. The molecule has 2 bridgehead atoms. The van der Waals surface area contributed by atoms with E-state index in [-0.39, 0.29) is 34.6 Å². The zero-order valence-corrected chi connectivity index (χ0v) is 12.1.